The van der Waals surface area contributed by atoms with Gasteiger partial charge in [0.25, 0.3) is 0 Å². The van der Waals surface area contributed by atoms with Gasteiger partial charge < -0.3 is 9.84 Å². The molecule has 8 nitrogen and oxygen atoms in total. The Balaban J connectivity index is 1.32. The van der Waals surface area contributed by atoms with Crippen molar-refractivity contribution >= 4 is 21.6 Å². The number of nitrogens with zero attached hydrogens (tertiary/aromatic N) is 3. The Morgan fingerprint density at radius 3 is 2.34 bits per heavy atom. The van der Waals surface area contributed by atoms with Gasteiger partial charge in [-0.05, 0) is 37.1 Å². The molecule has 0 atom stereocenters. The van der Waals surface area contributed by atoms with Crippen molar-refractivity contribution in [3.8, 4) is 11.4 Å². The van der Waals surface area contributed by atoms with E-state index in [9.17, 15) is 13.2 Å². The fourth-order valence-electron chi connectivity index (χ4n) is 3.65. The molecule has 32 heavy (non-hydrogen) atoms. The van der Waals surface area contributed by atoms with Crippen molar-refractivity contribution in [3.05, 3.63) is 60.5 Å². The maximum Gasteiger partial charge on any atom is 0.243 e. The van der Waals surface area contributed by atoms with Gasteiger partial charge in [0.15, 0.2) is 0 Å². The van der Waals surface area contributed by atoms with Gasteiger partial charge in [-0.25, -0.2) is 8.42 Å². The maximum atomic E-state index is 12.9. The first kappa shape index (κ1) is 22.2. The van der Waals surface area contributed by atoms with Crippen LogP contribution >= 0.6 is 0 Å². The molecule has 0 bridgehead atoms. The molecule has 1 amide bonds. The first-order chi connectivity index (χ1) is 15.5. The molecule has 1 aliphatic heterocycles. The van der Waals surface area contributed by atoms with Crippen molar-refractivity contribution in [1.29, 1.82) is 0 Å². The summed E-state index contributed by atoms with van der Waals surface area (Å²) in [5.41, 5.74) is 1.39. The number of benzene rings is 2. The summed E-state index contributed by atoms with van der Waals surface area (Å²) in [6.45, 7) is 1.12. The highest BCUT2D eigenvalue weighted by Crippen LogP contribution is 2.22. The lowest BCUT2D eigenvalue weighted by Crippen LogP contribution is -2.31. The molecule has 4 rings (SSSR count). The van der Waals surface area contributed by atoms with Gasteiger partial charge in [0, 0.05) is 37.2 Å². The fraction of sp³-hybridized carbons (Fsp3) is 0.348. The molecule has 0 spiro atoms. The van der Waals surface area contributed by atoms with E-state index in [4.69, 9.17) is 4.52 Å². The van der Waals surface area contributed by atoms with E-state index in [1.54, 1.807) is 28.6 Å². The molecule has 0 saturated carbocycles. The van der Waals surface area contributed by atoms with E-state index in [0.717, 1.165) is 31.2 Å². The second-order valence-electron chi connectivity index (χ2n) is 7.77. The van der Waals surface area contributed by atoms with E-state index in [1.165, 1.54) is 0 Å². The van der Waals surface area contributed by atoms with Crippen molar-refractivity contribution in [3.63, 3.8) is 0 Å². The van der Waals surface area contributed by atoms with Crippen LogP contribution in [0.2, 0.25) is 0 Å². The smallest absolute Gasteiger partial charge is 0.243 e. The van der Waals surface area contributed by atoms with Crippen LogP contribution < -0.4 is 5.32 Å². The standard InChI is InChI=1S/C23H26N4O4S/c28-21(14-15-22-25-23(26-31-22)18-8-4-3-5-9-18)24-19-10-12-20(13-11-19)32(29,30)27-16-6-1-2-7-17-27/h3-5,8-13H,1-2,6-7,14-17H2,(H,24,28). The third kappa shape index (κ3) is 5.41. The van der Waals surface area contributed by atoms with Crippen LogP contribution in [-0.2, 0) is 21.2 Å². The lowest BCUT2D eigenvalue weighted by atomic mass is 10.2. The van der Waals surface area contributed by atoms with Gasteiger partial charge in [0.05, 0.1) is 4.90 Å². The van der Waals surface area contributed by atoms with Crippen LogP contribution in [-0.4, -0.2) is 41.9 Å². The average molecular weight is 455 g/mol. The Hall–Kier alpha value is -3.04. The Labute approximate surface area is 187 Å². The molecule has 1 aliphatic rings. The van der Waals surface area contributed by atoms with Crippen LogP contribution in [0.15, 0.2) is 64.0 Å². The summed E-state index contributed by atoms with van der Waals surface area (Å²) >= 11 is 0. The minimum Gasteiger partial charge on any atom is -0.339 e. The molecule has 0 radical (unpaired) electrons. The number of aryl methyl sites for hydroxylation is 1. The zero-order valence-corrected chi connectivity index (χ0v) is 18.6. The summed E-state index contributed by atoms with van der Waals surface area (Å²) in [6.07, 6.45) is 4.39. The number of carbonyl (C=O) groups is 1. The van der Waals surface area contributed by atoms with Crippen molar-refractivity contribution in [1.82, 2.24) is 14.4 Å². The highest BCUT2D eigenvalue weighted by Gasteiger charge is 2.25. The topological polar surface area (TPSA) is 105 Å². The number of sulfonamides is 1. The van der Waals surface area contributed by atoms with Crippen molar-refractivity contribution in [2.75, 3.05) is 18.4 Å². The third-order valence-corrected chi connectivity index (χ3v) is 7.32. The average Bonchev–Trinajstić information content (AvgIpc) is 3.11. The molecule has 0 aliphatic carbocycles. The molecule has 168 valence electrons. The number of nitrogens with one attached hydrogen (secondary N) is 1. The van der Waals surface area contributed by atoms with Crippen LogP contribution in [0.25, 0.3) is 11.4 Å². The highest BCUT2D eigenvalue weighted by molar-refractivity contribution is 7.89. The monoisotopic (exact) mass is 454 g/mol. The highest BCUT2D eigenvalue weighted by atomic mass is 32.2. The minimum atomic E-state index is -3.50. The number of aromatic nitrogens is 2. The van der Waals surface area contributed by atoms with E-state index in [0.29, 0.717) is 36.9 Å². The van der Waals surface area contributed by atoms with E-state index in [-0.39, 0.29) is 17.2 Å². The summed E-state index contributed by atoms with van der Waals surface area (Å²) in [7, 11) is -3.50. The van der Waals surface area contributed by atoms with Crippen molar-refractivity contribution in [2.45, 2.75) is 43.4 Å². The number of anilines is 1. The Kier molecular flexibility index (Phi) is 6.96. The molecule has 1 fully saturated rings. The van der Waals surface area contributed by atoms with Gasteiger partial charge in [-0.15, -0.1) is 0 Å². The van der Waals surface area contributed by atoms with Crippen LogP contribution in [0.1, 0.15) is 38.0 Å². The van der Waals surface area contributed by atoms with E-state index in [2.05, 4.69) is 15.5 Å². The molecule has 1 saturated heterocycles. The largest absolute Gasteiger partial charge is 0.339 e. The Bertz CT molecular complexity index is 1140. The number of carbonyl (C=O) groups excluding carboxylic acids is 1. The lowest BCUT2D eigenvalue weighted by molar-refractivity contribution is -0.116. The lowest BCUT2D eigenvalue weighted by Gasteiger charge is -2.20. The zero-order valence-electron chi connectivity index (χ0n) is 17.7. The number of amides is 1. The van der Waals surface area contributed by atoms with Crippen molar-refractivity contribution < 1.29 is 17.7 Å². The van der Waals surface area contributed by atoms with E-state index in [1.807, 2.05) is 30.3 Å². The first-order valence-electron chi connectivity index (χ1n) is 10.8. The molecule has 2 heterocycles. The van der Waals surface area contributed by atoms with Gasteiger partial charge in [0.2, 0.25) is 27.6 Å². The summed E-state index contributed by atoms with van der Waals surface area (Å²) in [5, 5.41) is 6.73. The summed E-state index contributed by atoms with van der Waals surface area (Å²) in [4.78, 5) is 16.9. The number of hydrogen-bond donors (Lipinski definition) is 1. The number of hydrogen-bond acceptors (Lipinski definition) is 6. The second-order valence-corrected chi connectivity index (χ2v) is 9.71. The fourth-order valence-corrected chi connectivity index (χ4v) is 5.16. The first-order valence-corrected chi connectivity index (χ1v) is 12.2. The van der Waals surface area contributed by atoms with E-state index < -0.39 is 10.0 Å². The molecule has 1 aromatic heterocycles. The Morgan fingerprint density at radius 2 is 1.66 bits per heavy atom. The molecule has 0 unspecified atom stereocenters. The predicted molar refractivity (Wildman–Crippen MR) is 120 cm³/mol. The van der Waals surface area contributed by atoms with Gasteiger partial charge in [-0.1, -0.05) is 48.3 Å². The van der Waals surface area contributed by atoms with Crippen molar-refractivity contribution in [2.24, 2.45) is 0 Å². The second kappa shape index (κ2) is 10.1. The third-order valence-electron chi connectivity index (χ3n) is 5.41. The predicted octanol–water partition coefficient (Wildman–Crippen LogP) is 3.87. The minimum absolute atomic E-state index is 0.171. The quantitative estimate of drug-likeness (QED) is 0.581. The summed E-state index contributed by atoms with van der Waals surface area (Å²) < 4.78 is 32.5. The molecule has 1 N–H and O–H groups in total. The summed E-state index contributed by atoms with van der Waals surface area (Å²) in [6, 6.07) is 15.8. The van der Waals surface area contributed by atoms with Crippen LogP contribution in [0.5, 0.6) is 0 Å². The number of rotatable bonds is 7. The SMILES string of the molecule is O=C(CCc1nc(-c2ccccc2)no1)Nc1ccc(S(=O)(=O)N2CCCCCC2)cc1. The molecule has 3 aromatic rings. The molecule has 2 aromatic carbocycles. The molecular weight excluding hydrogens is 428 g/mol. The van der Waals surface area contributed by atoms with Gasteiger partial charge in [-0.2, -0.15) is 9.29 Å². The van der Waals surface area contributed by atoms with E-state index >= 15 is 0 Å². The van der Waals surface area contributed by atoms with Crippen LogP contribution in [0, 0.1) is 0 Å². The maximum absolute atomic E-state index is 12.9. The van der Waals surface area contributed by atoms with Gasteiger partial charge in [-0.3, -0.25) is 4.79 Å². The molecule has 9 heteroatoms. The van der Waals surface area contributed by atoms with Gasteiger partial charge >= 0.3 is 0 Å². The summed E-state index contributed by atoms with van der Waals surface area (Å²) in [5.74, 6) is 0.660. The van der Waals surface area contributed by atoms with Crippen LogP contribution in [0.3, 0.4) is 0 Å². The van der Waals surface area contributed by atoms with Crippen LogP contribution in [0.4, 0.5) is 5.69 Å². The normalized spacial score (nSPS) is 15.2. The Morgan fingerprint density at radius 1 is 0.969 bits per heavy atom. The van der Waals surface area contributed by atoms with Gasteiger partial charge in [0.1, 0.15) is 0 Å². The zero-order chi connectivity index (χ0) is 22.4. The molecular formula is C23H26N4O4S.